The number of hydrogen-bond donors (Lipinski definition) is 0. The van der Waals surface area contributed by atoms with Crippen molar-refractivity contribution in [1.29, 1.82) is 0 Å². The molecule has 0 saturated heterocycles. The SMILES string of the molecule is Cc1cccc(Cn2nc3n(c2=O)CCN(Cc2cccc(F)c2)C3=O)c1. The van der Waals surface area contributed by atoms with Gasteiger partial charge in [0.25, 0.3) is 5.91 Å². The number of nitrogens with zero attached hydrogens (tertiary/aromatic N) is 4. The molecule has 1 aliphatic heterocycles. The van der Waals surface area contributed by atoms with Gasteiger partial charge in [-0.3, -0.25) is 9.36 Å². The van der Waals surface area contributed by atoms with Crippen LogP contribution in [-0.2, 0) is 19.6 Å². The lowest BCUT2D eigenvalue weighted by molar-refractivity contribution is 0.0681. The Balaban J connectivity index is 1.58. The number of halogens is 1. The Morgan fingerprint density at radius 1 is 1.00 bits per heavy atom. The van der Waals surface area contributed by atoms with Crippen LogP contribution in [-0.4, -0.2) is 31.7 Å². The molecule has 2 heterocycles. The fourth-order valence-electron chi connectivity index (χ4n) is 3.36. The van der Waals surface area contributed by atoms with Crippen molar-refractivity contribution in [3.8, 4) is 0 Å². The molecule has 0 aliphatic carbocycles. The van der Waals surface area contributed by atoms with E-state index >= 15 is 0 Å². The number of aromatic nitrogens is 3. The molecule has 0 saturated carbocycles. The van der Waals surface area contributed by atoms with Crippen molar-refractivity contribution in [2.75, 3.05) is 6.54 Å². The van der Waals surface area contributed by atoms with Crippen LogP contribution in [0.1, 0.15) is 27.3 Å². The summed E-state index contributed by atoms with van der Waals surface area (Å²) in [4.78, 5) is 27.0. The molecule has 4 rings (SSSR count). The zero-order valence-corrected chi connectivity index (χ0v) is 14.9. The number of carbonyl (C=O) groups excluding carboxylic acids is 1. The van der Waals surface area contributed by atoms with Gasteiger partial charge in [0.2, 0.25) is 5.82 Å². The molecule has 0 radical (unpaired) electrons. The van der Waals surface area contributed by atoms with Crippen LogP contribution < -0.4 is 5.69 Å². The third-order valence-electron chi connectivity index (χ3n) is 4.67. The molecule has 1 amide bonds. The van der Waals surface area contributed by atoms with E-state index in [9.17, 15) is 14.0 Å². The normalized spacial score (nSPS) is 13.7. The minimum Gasteiger partial charge on any atom is -0.330 e. The van der Waals surface area contributed by atoms with Crippen LogP contribution in [0, 0.1) is 12.7 Å². The molecule has 1 aliphatic rings. The standard InChI is InChI=1S/C20H19FN4O2/c1-14-4-2-5-15(10-14)13-25-20(27)24-9-8-23(19(26)18(24)22-25)12-16-6-3-7-17(21)11-16/h2-7,10-11H,8-9,12-13H2,1H3. The van der Waals surface area contributed by atoms with Gasteiger partial charge in [0.05, 0.1) is 6.54 Å². The van der Waals surface area contributed by atoms with E-state index < -0.39 is 0 Å². The number of benzene rings is 2. The van der Waals surface area contributed by atoms with E-state index in [1.54, 1.807) is 17.0 Å². The first kappa shape index (κ1) is 17.2. The Labute approximate surface area is 155 Å². The van der Waals surface area contributed by atoms with Crippen molar-refractivity contribution in [3.05, 3.63) is 87.3 Å². The largest absolute Gasteiger partial charge is 0.346 e. The number of fused-ring (bicyclic) bond motifs is 1. The Bertz CT molecular complexity index is 1070. The van der Waals surface area contributed by atoms with Crippen LogP contribution in [0.3, 0.4) is 0 Å². The second-order valence-corrected chi connectivity index (χ2v) is 6.76. The molecule has 0 N–H and O–H groups in total. The van der Waals surface area contributed by atoms with Crippen molar-refractivity contribution in [1.82, 2.24) is 19.2 Å². The third kappa shape index (κ3) is 3.40. The summed E-state index contributed by atoms with van der Waals surface area (Å²) >= 11 is 0. The van der Waals surface area contributed by atoms with E-state index in [0.717, 1.165) is 11.1 Å². The Hall–Kier alpha value is -3.22. The summed E-state index contributed by atoms with van der Waals surface area (Å²) in [6.45, 7) is 3.35. The first-order valence-corrected chi connectivity index (χ1v) is 8.78. The Morgan fingerprint density at radius 2 is 1.74 bits per heavy atom. The van der Waals surface area contributed by atoms with Gasteiger partial charge in [-0.1, -0.05) is 42.0 Å². The molecule has 0 fully saturated rings. The molecule has 7 heteroatoms. The summed E-state index contributed by atoms with van der Waals surface area (Å²) in [5.74, 6) is -0.516. The zero-order valence-electron chi connectivity index (χ0n) is 14.9. The second kappa shape index (κ2) is 6.83. The average Bonchev–Trinajstić information content (AvgIpc) is 2.94. The van der Waals surface area contributed by atoms with E-state index in [-0.39, 0.29) is 29.8 Å². The number of carbonyl (C=O) groups is 1. The molecule has 0 bridgehead atoms. The minimum absolute atomic E-state index is 0.135. The highest BCUT2D eigenvalue weighted by Gasteiger charge is 2.29. The van der Waals surface area contributed by atoms with E-state index in [2.05, 4.69) is 5.10 Å². The monoisotopic (exact) mass is 366 g/mol. The van der Waals surface area contributed by atoms with Crippen LogP contribution in [0.2, 0.25) is 0 Å². The first-order chi connectivity index (χ1) is 13.0. The number of rotatable bonds is 4. The average molecular weight is 366 g/mol. The lowest BCUT2D eigenvalue weighted by atomic mass is 10.1. The smallest absolute Gasteiger partial charge is 0.330 e. The maximum Gasteiger partial charge on any atom is 0.346 e. The van der Waals surface area contributed by atoms with Crippen LogP contribution in [0.15, 0.2) is 53.3 Å². The van der Waals surface area contributed by atoms with Gasteiger partial charge in [-0.2, -0.15) is 0 Å². The van der Waals surface area contributed by atoms with Gasteiger partial charge >= 0.3 is 5.69 Å². The minimum atomic E-state index is -0.337. The lowest BCUT2D eigenvalue weighted by Gasteiger charge is -2.26. The van der Waals surface area contributed by atoms with Gasteiger partial charge in [-0.15, -0.1) is 5.10 Å². The topological polar surface area (TPSA) is 60.1 Å². The number of hydrogen-bond acceptors (Lipinski definition) is 3. The highest BCUT2D eigenvalue weighted by atomic mass is 19.1. The van der Waals surface area contributed by atoms with Gasteiger partial charge in [0.1, 0.15) is 5.82 Å². The molecule has 0 unspecified atom stereocenters. The van der Waals surface area contributed by atoms with Crippen LogP contribution >= 0.6 is 0 Å². The van der Waals surface area contributed by atoms with Crippen LogP contribution in [0.4, 0.5) is 4.39 Å². The lowest BCUT2D eigenvalue weighted by Crippen LogP contribution is -2.42. The van der Waals surface area contributed by atoms with Crippen LogP contribution in [0.5, 0.6) is 0 Å². The van der Waals surface area contributed by atoms with Gasteiger partial charge < -0.3 is 4.90 Å². The van der Waals surface area contributed by atoms with Gasteiger partial charge in [-0.25, -0.2) is 13.9 Å². The predicted molar refractivity (Wildman–Crippen MR) is 97.9 cm³/mol. The second-order valence-electron chi connectivity index (χ2n) is 6.76. The third-order valence-corrected chi connectivity index (χ3v) is 4.67. The van der Waals surface area contributed by atoms with Crippen molar-refractivity contribution in [3.63, 3.8) is 0 Å². The summed E-state index contributed by atoms with van der Waals surface area (Å²) < 4.78 is 16.1. The predicted octanol–water partition coefficient (Wildman–Crippen LogP) is 2.20. The van der Waals surface area contributed by atoms with E-state index in [0.29, 0.717) is 25.2 Å². The summed E-state index contributed by atoms with van der Waals surface area (Å²) in [7, 11) is 0. The Kier molecular flexibility index (Phi) is 4.35. The molecule has 1 aromatic heterocycles. The zero-order chi connectivity index (χ0) is 19.0. The fourth-order valence-corrected chi connectivity index (χ4v) is 3.36. The molecular formula is C20H19FN4O2. The van der Waals surface area contributed by atoms with Crippen molar-refractivity contribution in [2.45, 2.75) is 26.6 Å². The number of aryl methyl sites for hydroxylation is 1. The highest BCUT2D eigenvalue weighted by molar-refractivity contribution is 5.91. The van der Waals surface area contributed by atoms with E-state index in [1.165, 1.54) is 21.4 Å². The molecule has 0 atom stereocenters. The summed E-state index contributed by atoms with van der Waals surface area (Å²) in [5.41, 5.74) is 2.47. The van der Waals surface area contributed by atoms with Gasteiger partial charge in [-0.05, 0) is 30.2 Å². The highest BCUT2D eigenvalue weighted by Crippen LogP contribution is 2.14. The molecule has 2 aromatic carbocycles. The maximum atomic E-state index is 13.4. The first-order valence-electron chi connectivity index (χ1n) is 8.78. The summed E-state index contributed by atoms with van der Waals surface area (Å²) in [6.07, 6.45) is 0. The fraction of sp³-hybridized carbons (Fsp3) is 0.250. The molecule has 0 spiro atoms. The molecule has 138 valence electrons. The quantitative estimate of drug-likeness (QED) is 0.711. The molecule has 3 aromatic rings. The van der Waals surface area contributed by atoms with E-state index in [1.807, 2.05) is 31.2 Å². The Morgan fingerprint density at radius 3 is 2.48 bits per heavy atom. The van der Waals surface area contributed by atoms with Crippen molar-refractivity contribution < 1.29 is 9.18 Å². The summed E-state index contributed by atoms with van der Waals surface area (Å²) in [6, 6.07) is 14.0. The summed E-state index contributed by atoms with van der Waals surface area (Å²) in [5, 5.41) is 4.27. The molecule has 27 heavy (non-hydrogen) atoms. The maximum absolute atomic E-state index is 13.4. The molecular weight excluding hydrogens is 347 g/mol. The van der Waals surface area contributed by atoms with E-state index in [4.69, 9.17) is 0 Å². The van der Waals surface area contributed by atoms with Crippen molar-refractivity contribution in [2.24, 2.45) is 0 Å². The van der Waals surface area contributed by atoms with Crippen molar-refractivity contribution >= 4 is 5.91 Å². The molecule has 6 nitrogen and oxygen atoms in total. The van der Waals surface area contributed by atoms with Crippen LogP contribution in [0.25, 0.3) is 0 Å². The van der Waals surface area contributed by atoms with Gasteiger partial charge in [0.15, 0.2) is 0 Å². The number of amides is 1. The van der Waals surface area contributed by atoms with Gasteiger partial charge in [0, 0.05) is 19.6 Å².